The summed E-state index contributed by atoms with van der Waals surface area (Å²) >= 11 is 0. The second kappa shape index (κ2) is 37.8. The van der Waals surface area contributed by atoms with Gasteiger partial charge in [0.25, 0.3) is 0 Å². The Morgan fingerprint density at radius 2 is 1.11 bits per heavy atom. The van der Waals surface area contributed by atoms with Gasteiger partial charge in [-0.2, -0.15) is 0 Å². The fourth-order valence-corrected chi connectivity index (χ4v) is 6.51. The topological polar surface area (TPSA) is 82.1 Å². The molecule has 0 saturated carbocycles. The van der Waals surface area contributed by atoms with Crippen LogP contribution in [0.3, 0.4) is 0 Å². The number of hydrogen-bond acceptors (Lipinski definition) is 7. The van der Waals surface area contributed by atoms with E-state index in [1.165, 1.54) is 19.3 Å². The Labute approximate surface area is 326 Å². The number of nitrogens with zero attached hydrogens (tertiary/aromatic N) is 1. The Hall–Kier alpha value is -2.55. The van der Waals surface area contributed by atoms with Crippen LogP contribution >= 0.6 is 0 Å². The summed E-state index contributed by atoms with van der Waals surface area (Å²) in [6.45, 7) is 15.6. The van der Waals surface area contributed by atoms with E-state index in [-0.39, 0.29) is 29.7 Å². The molecule has 0 fully saturated rings. The predicted octanol–water partition coefficient (Wildman–Crippen LogP) is 11.9. The van der Waals surface area contributed by atoms with Crippen LogP contribution in [0.2, 0.25) is 0 Å². The lowest BCUT2D eigenvalue weighted by molar-refractivity contribution is -0.149. The van der Waals surface area contributed by atoms with Crippen LogP contribution in [0, 0.1) is 17.8 Å². The molecule has 0 N–H and O–H groups in total. The first-order valence-corrected chi connectivity index (χ1v) is 21.8. The molecule has 0 aromatic carbocycles. The van der Waals surface area contributed by atoms with E-state index >= 15 is 0 Å². The maximum Gasteiger partial charge on any atom is 0.308 e. The lowest BCUT2D eigenvalue weighted by Crippen LogP contribution is -2.23. The third-order valence-electron chi connectivity index (χ3n) is 10.1. The second-order valence-corrected chi connectivity index (χ2v) is 15.3. The fourth-order valence-electron chi connectivity index (χ4n) is 6.51. The molecule has 0 radical (unpaired) electrons. The Balaban J connectivity index is 4.34. The maximum absolute atomic E-state index is 13.0. The minimum atomic E-state index is -0.140. The number of allylic oxidation sites excluding steroid dienone is 1. The molecule has 0 rings (SSSR count). The molecule has 0 bridgehead atoms. The van der Waals surface area contributed by atoms with Crippen LogP contribution < -0.4 is 0 Å². The van der Waals surface area contributed by atoms with Crippen LogP contribution in [-0.4, -0.2) is 62.8 Å². The molecule has 306 valence electrons. The predicted molar refractivity (Wildman–Crippen MR) is 220 cm³/mol. The van der Waals surface area contributed by atoms with E-state index in [4.69, 9.17) is 14.2 Å². The lowest BCUT2D eigenvalue weighted by atomic mass is 9.94. The van der Waals surface area contributed by atoms with Crippen LogP contribution in [-0.2, 0) is 28.6 Å². The van der Waals surface area contributed by atoms with Gasteiger partial charge in [-0.3, -0.25) is 14.4 Å². The van der Waals surface area contributed by atoms with Gasteiger partial charge in [0.15, 0.2) is 0 Å². The SMILES string of the molecule is C=C=C=C=CC(CCCCC)CC(=O)OCCCCCCCCC(CCCCCCCCOC(=O)CC(C)CCCCC)C(=O)OCCCN(C)CC. The molecule has 0 heterocycles. The van der Waals surface area contributed by atoms with Crippen molar-refractivity contribution in [3.63, 3.8) is 0 Å². The van der Waals surface area contributed by atoms with E-state index in [0.717, 1.165) is 142 Å². The van der Waals surface area contributed by atoms with Gasteiger partial charge < -0.3 is 19.1 Å². The number of unbranched alkanes of at least 4 members (excludes halogenated alkanes) is 14. The molecule has 0 amide bonds. The molecule has 0 aliphatic rings. The Morgan fingerprint density at radius 3 is 1.66 bits per heavy atom. The molecule has 0 aliphatic carbocycles. The molecule has 0 spiro atoms. The highest BCUT2D eigenvalue weighted by Gasteiger charge is 2.19. The van der Waals surface area contributed by atoms with Crippen molar-refractivity contribution >= 4 is 17.9 Å². The van der Waals surface area contributed by atoms with Gasteiger partial charge in [0.2, 0.25) is 0 Å². The fraction of sp³-hybridized carbons (Fsp3) is 0.826. The van der Waals surface area contributed by atoms with E-state index < -0.39 is 0 Å². The number of carbonyl (C=O) groups excluding carboxylic acids is 3. The first-order valence-electron chi connectivity index (χ1n) is 21.8. The highest BCUT2D eigenvalue weighted by molar-refractivity contribution is 5.72. The minimum absolute atomic E-state index is 0.0222. The van der Waals surface area contributed by atoms with Crippen molar-refractivity contribution in [2.24, 2.45) is 17.8 Å². The smallest absolute Gasteiger partial charge is 0.308 e. The van der Waals surface area contributed by atoms with Crippen molar-refractivity contribution in [3.05, 3.63) is 29.8 Å². The van der Waals surface area contributed by atoms with E-state index in [1.807, 2.05) is 6.08 Å². The van der Waals surface area contributed by atoms with Gasteiger partial charge >= 0.3 is 17.9 Å². The third-order valence-corrected chi connectivity index (χ3v) is 10.1. The van der Waals surface area contributed by atoms with Crippen molar-refractivity contribution in [1.82, 2.24) is 4.90 Å². The van der Waals surface area contributed by atoms with Crippen LogP contribution in [0.25, 0.3) is 0 Å². The normalized spacial score (nSPS) is 12.6. The summed E-state index contributed by atoms with van der Waals surface area (Å²) in [5.41, 5.74) is 8.23. The summed E-state index contributed by atoms with van der Waals surface area (Å²) in [4.78, 5) is 39.8. The Bertz CT molecular complexity index is 1020. The standard InChI is InChI=1S/C46H81NO6/c1-7-11-22-30-41(5)39-44(48)51-36-27-20-16-14-18-25-33-43(46(50)53-38-29-35-47(6)10-4)34-26-19-15-17-21-28-37-52-45(49)40-42(31-23-12-8-2)32-24-13-9-3/h31,41-43H,2,7,9-11,13-22,24-30,32-40H2,1,3-6H3. The van der Waals surface area contributed by atoms with Crippen molar-refractivity contribution in [2.45, 2.75) is 188 Å². The van der Waals surface area contributed by atoms with Crippen LogP contribution in [0.5, 0.6) is 0 Å². The quantitative estimate of drug-likeness (QED) is 0.0271. The average molecular weight is 744 g/mol. The molecule has 0 saturated heterocycles. The molecular weight excluding hydrogens is 663 g/mol. The van der Waals surface area contributed by atoms with E-state index in [2.05, 4.69) is 63.4 Å². The monoisotopic (exact) mass is 744 g/mol. The first kappa shape index (κ1) is 50.5. The number of rotatable bonds is 37. The summed E-state index contributed by atoms with van der Waals surface area (Å²) < 4.78 is 16.7. The Kier molecular flexibility index (Phi) is 35.9. The van der Waals surface area contributed by atoms with Gasteiger partial charge in [-0.1, -0.05) is 148 Å². The highest BCUT2D eigenvalue weighted by Crippen LogP contribution is 2.22. The Morgan fingerprint density at radius 1 is 0.623 bits per heavy atom. The number of ether oxygens (including phenoxy) is 3. The molecule has 53 heavy (non-hydrogen) atoms. The molecular formula is C46H81NO6. The number of carbonyl (C=O) groups is 3. The van der Waals surface area contributed by atoms with E-state index in [1.54, 1.807) is 0 Å². The first-order chi connectivity index (χ1) is 25.8. The zero-order chi connectivity index (χ0) is 39.2. The minimum Gasteiger partial charge on any atom is -0.466 e. The summed E-state index contributed by atoms with van der Waals surface area (Å²) in [7, 11) is 2.09. The third kappa shape index (κ3) is 33.7. The van der Waals surface area contributed by atoms with Gasteiger partial charge in [-0.15, -0.1) is 0 Å². The van der Waals surface area contributed by atoms with Gasteiger partial charge in [0.1, 0.15) is 0 Å². The lowest BCUT2D eigenvalue weighted by Gasteiger charge is -2.17. The molecule has 3 atom stereocenters. The van der Waals surface area contributed by atoms with Crippen LogP contribution in [0.1, 0.15) is 188 Å². The molecule has 7 heteroatoms. The summed E-state index contributed by atoms with van der Waals surface area (Å²) in [5, 5.41) is 0. The van der Waals surface area contributed by atoms with Crippen molar-refractivity contribution in [1.29, 1.82) is 0 Å². The summed E-state index contributed by atoms with van der Waals surface area (Å²) in [6, 6.07) is 0. The number of esters is 3. The van der Waals surface area contributed by atoms with Gasteiger partial charge in [-0.25, -0.2) is 0 Å². The highest BCUT2D eigenvalue weighted by atomic mass is 16.5. The van der Waals surface area contributed by atoms with E-state index in [9.17, 15) is 14.4 Å². The molecule has 0 aromatic rings. The molecule has 0 aliphatic heterocycles. The van der Waals surface area contributed by atoms with Crippen molar-refractivity contribution in [3.8, 4) is 0 Å². The van der Waals surface area contributed by atoms with Gasteiger partial charge in [0, 0.05) is 13.0 Å². The largest absolute Gasteiger partial charge is 0.466 e. The molecule has 0 aromatic heterocycles. The summed E-state index contributed by atoms with van der Waals surface area (Å²) in [5.74, 6) is 0.286. The average Bonchev–Trinajstić information content (AvgIpc) is 3.14. The zero-order valence-electron chi connectivity index (χ0n) is 35.1. The molecule has 7 nitrogen and oxygen atoms in total. The van der Waals surface area contributed by atoms with Crippen molar-refractivity contribution in [2.75, 3.05) is 40.0 Å². The van der Waals surface area contributed by atoms with Crippen molar-refractivity contribution < 1.29 is 28.6 Å². The zero-order valence-corrected chi connectivity index (χ0v) is 35.1. The summed E-state index contributed by atoms with van der Waals surface area (Å²) in [6.07, 6.45) is 27.3. The van der Waals surface area contributed by atoms with Gasteiger partial charge in [0.05, 0.1) is 32.2 Å². The maximum atomic E-state index is 13.0. The van der Waals surface area contributed by atoms with Crippen LogP contribution in [0.4, 0.5) is 0 Å². The van der Waals surface area contributed by atoms with Crippen LogP contribution in [0.15, 0.2) is 29.8 Å². The van der Waals surface area contributed by atoms with Gasteiger partial charge in [-0.05, 0) is 82.3 Å². The second-order valence-electron chi connectivity index (χ2n) is 15.3. The molecule has 3 unspecified atom stereocenters. The number of hydrogen-bond donors (Lipinski definition) is 0. The van der Waals surface area contributed by atoms with E-state index in [0.29, 0.717) is 38.6 Å².